The average Bonchev–Trinajstić information content (AvgIpc) is 2.83. The fraction of sp³-hybridized carbons (Fsp3) is 0.143. The van der Waals surface area contributed by atoms with Crippen LogP contribution in [-0.4, -0.2) is 34.0 Å². The van der Waals surface area contributed by atoms with Crippen molar-refractivity contribution in [3.8, 4) is 0 Å². The van der Waals surface area contributed by atoms with Gasteiger partial charge in [-0.3, -0.25) is 0 Å². The highest BCUT2D eigenvalue weighted by molar-refractivity contribution is 7.89. The lowest BCUT2D eigenvalue weighted by Crippen LogP contribution is -2.24. The van der Waals surface area contributed by atoms with Gasteiger partial charge in [0.25, 0.3) is 0 Å². The lowest BCUT2D eigenvalue weighted by molar-refractivity contribution is 0.579. The van der Waals surface area contributed by atoms with Gasteiger partial charge < -0.3 is 0 Å². The molecule has 0 unspecified atom stereocenters. The maximum Gasteiger partial charge on any atom is 0.242 e. The van der Waals surface area contributed by atoms with Crippen LogP contribution in [0, 0.1) is 0 Å². The number of aromatic amines is 1. The van der Waals surface area contributed by atoms with Crippen molar-refractivity contribution in [2.75, 3.05) is 0 Å². The molecule has 8 nitrogen and oxygen atoms in total. The molecule has 0 saturated carbocycles. The summed E-state index contributed by atoms with van der Waals surface area (Å²) in [5.74, 6) is 0.214. The molecule has 2 heterocycles. The number of sulfonamides is 1. The van der Waals surface area contributed by atoms with Gasteiger partial charge in [-0.15, -0.1) is 10.2 Å². The molecule has 0 bridgehead atoms. The summed E-state index contributed by atoms with van der Waals surface area (Å²) >= 11 is 11.3. The Bertz CT molecular complexity index is 644. The molecule has 18 heavy (non-hydrogen) atoms. The molecule has 0 fully saturated rings. The number of rotatable bonds is 4. The number of aromatic nitrogens is 5. The molecule has 2 aromatic rings. The molecule has 0 saturated heterocycles. The van der Waals surface area contributed by atoms with E-state index in [1.54, 1.807) is 0 Å². The molecule has 0 radical (unpaired) electrons. The SMILES string of the molecule is O=S(=O)(NCc1nn[nH]n1)c1cnc(Cl)c(Cl)c1. The van der Waals surface area contributed by atoms with Crippen molar-refractivity contribution in [3.63, 3.8) is 0 Å². The van der Waals surface area contributed by atoms with Gasteiger partial charge in [-0.2, -0.15) is 5.21 Å². The smallest absolute Gasteiger partial charge is 0.242 e. The molecule has 0 atom stereocenters. The number of H-pyrrole nitrogens is 1. The van der Waals surface area contributed by atoms with Gasteiger partial charge >= 0.3 is 0 Å². The van der Waals surface area contributed by atoms with Crippen LogP contribution < -0.4 is 4.72 Å². The first-order valence-corrected chi connectivity index (χ1v) is 6.76. The van der Waals surface area contributed by atoms with Gasteiger partial charge in [0.15, 0.2) is 5.82 Å². The van der Waals surface area contributed by atoms with E-state index in [4.69, 9.17) is 23.2 Å². The normalized spacial score (nSPS) is 11.7. The predicted molar refractivity (Wildman–Crippen MR) is 62.5 cm³/mol. The molecule has 0 aliphatic heterocycles. The Hall–Kier alpha value is -1.29. The highest BCUT2D eigenvalue weighted by atomic mass is 35.5. The Balaban J connectivity index is 2.17. The van der Waals surface area contributed by atoms with Crippen LogP contribution in [0.25, 0.3) is 0 Å². The Morgan fingerprint density at radius 1 is 1.39 bits per heavy atom. The quantitative estimate of drug-likeness (QED) is 0.789. The van der Waals surface area contributed by atoms with Crippen molar-refractivity contribution in [1.29, 1.82) is 0 Å². The lowest BCUT2D eigenvalue weighted by atomic mass is 10.5. The summed E-state index contributed by atoms with van der Waals surface area (Å²) in [6.45, 7) is -0.0981. The van der Waals surface area contributed by atoms with Crippen LogP contribution in [0.5, 0.6) is 0 Å². The number of pyridine rings is 1. The molecule has 11 heteroatoms. The van der Waals surface area contributed by atoms with Crippen LogP contribution in [0.3, 0.4) is 0 Å². The Morgan fingerprint density at radius 3 is 2.78 bits per heavy atom. The minimum atomic E-state index is -3.75. The van der Waals surface area contributed by atoms with Crippen molar-refractivity contribution >= 4 is 33.2 Å². The summed E-state index contributed by atoms with van der Waals surface area (Å²) in [6.07, 6.45) is 1.10. The first-order valence-electron chi connectivity index (χ1n) is 4.52. The molecule has 2 rings (SSSR count). The molecule has 0 aromatic carbocycles. The first-order chi connectivity index (χ1) is 8.49. The third-order valence-corrected chi connectivity index (χ3v) is 3.95. The number of nitrogens with zero attached hydrogens (tertiary/aromatic N) is 4. The summed E-state index contributed by atoms with van der Waals surface area (Å²) in [4.78, 5) is 3.56. The van der Waals surface area contributed by atoms with Gasteiger partial charge in [0.1, 0.15) is 10.0 Å². The van der Waals surface area contributed by atoms with E-state index >= 15 is 0 Å². The molecule has 0 spiro atoms. The van der Waals surface area contributed by atoms with Crippen LogP contribution >= 0.6 is 23.2 Å². The van der Waals surface area contributed by atoms with E-state index in [1.165, 1.54) is 6.07 Å². The molecule has 96 valence electrons. The third-order valence-electron chi connectivity index (χ3n) is 1.89. The van der Waals surface area contributed by atoms with E-state index in [0.29, 0.717) is 0 Å². The van der Waals surface area contributed by atoms with Crippen LogP contribution in [-0.2, 0) is 16.6 Å². The van der Waals surface area contributed by atoms with Gasteiger partial charge in [0.2, 0.25) is 10.0 Å². The molecule has 0 amide bonds. The number of tetrazole rings is 1. The Kier molecular flexibility index (Phi) is 3.76. The van der Waals surface area contributed by atoms with Crippen molar-refractivity contribution in [2.45, 2.75) is 11.4 Å². The highest BCUT2D eigenvalue weighted by Gasteiger charge is 2.16. The summed E-state index contributed by atoms with van der Waals surface area (Å²) in [6, 6.07) is 1.20. The van der Waals surface area contributed by atoms with Crippen molar-refractivity contribution in [3.05, 3.63) is 28.3 Å². The summed E-state index contributed by atoms with van der Waals surface area (Å²) in [7, 11) is -3.75. The number of hydrogen-bond donors (Lipinski definition) is 2. The summed E-state index contributed by atoms with van der Waals surface area (Å²) in [5.41, 5.74) is 0. The number of hydrogen-bond acceptors (Lipinski definition) is 6. The van der Waals surface area contributed by atoms with E-state index in [1.807, 2.05) is 0 Å². The van der Waals surface area contributed by atoms with E-state index < -0.39 is 10.0 Å². The fourth-order valence-electron chi connectivity index (χ4n) is 1.05. The molecule has 0 aliphatic carbocycles. The highest BCUT2D eigenvalue weighted by Crippen LogP contribution is 2.21. The van der Waals surface area contributed by atoms with Gasteiger partial charge in [-0.25, -0.2) is 18.1 Å². The maximum atomic E-state index is 11.9. The molecule has 2 aromatic heterocycles. The minimum absolute atomic E-state index is 0.0359. The maximum absolute atomic E-state index is 11.9. The summed E-state index contributed by atoms with van der Waals surface area (Å²) in [5, 5.41) is 12.8. The largest absolute Gasteiger partial charge is 0.242 e. The average molecular weight is 309 g/mol. The van der Waals surface area contributed by atoms with Crippen LogP contribution in [0.2, 0.25) is 10.2 Å². The Morgan fingerprint density at radius 2 is 2.17 bits per heavy atom. The topological polar surface area (TPSA) is 114 Å². The lowest BCUT2D eigenvalue weighted by Gasteiger charge is -2.05. The molecule has 2 N–H and O–H groups in total. The third kappa shape index (κ3) is 2.93. The van der Waals surface area contributed by atoms with Crippen molar-refractivity contribution in [1.82, 2.24) is 30.3 Å². The van der Waals surface area contributed by atoms with Gasteiger partial charge in [0.05, 0.1) is 11.6 Å². The van der Waals surface area contributed by atoms with Crippen LogP contribution in [0.1, 0.15) is 5.82 Å². The van der Waals surface area contributed by atoms with E-state index in [-0.39, 0.29) is 27.4 Å². The number of halogens is 2. The first kappa shape index (κ1) is 13.1. The second kappa shape index (κ2) is 5.14. The zero-order valence-electron chi connectivity index (χ0n) is 8.63. The van der Waals surface area contributed by atoms with Gasteiger partial charge in [-0.1, -0.05) is 28.4 Å². The zero-order chi connectivity index (χ0) is 13.2. The molecular weight excluding hydrogens is 303 g/mol. The van der Waals surface area contributed by atoms with Gasteiger partial charge in [0, 0.05) is 6.20 Å². The number of nitrogens with one attached hydrogen (secondary N) is 2. The molecule has 0 aliphatic rings. The fourth-order valence-corrected chi connectivity index (χ4v) is 2.34. The minimum Gasteiger partial charge on any atom is -0.242 e. The van der Waals surface area contributed by atoms with E-state index in [9.17, 15) is 8.42 Å². The van der Waals surface area contributed by atoms with Gasteiger partial charge in [-0.05, 0) is 6.07 Å². The van der Waals surface area contributed by atoms with E-state index in [2.05, 4.69) is 30.3 Å². The second-order valence-corrected chi connectivity index (χ2v) is 5.63. The molecular formula is C7H6Cl2N6O2S. The monoisotopic (exact) mass is 308 g/mol. The van der Waals surface area contributed by atoms with Crippen LogP contribution in [0.4, 0.5) is 0 Å². The summed E-state index contributed by atoms with van der Waals surface area (Å²) < 4.78 is 26.0. The van der Waals surface area contributed by atoms with Crippen molar-refractivity contribution in [2.24, 2.45) is 0 Å². The van der Waals surface area contributed by atoms with Crippen molar-refractivity contribution < 1.29 is 8.42 Å². The zero-order valence-corrected chi connectivity index (χ0v) is 11.0. The standard InChI is InChI=1S/C7H6Cl2N6O2S/c8-5-1-4(2-10-7(5)9)18(16,17)11-3-6-12-14-15-13-6/h1-2,11H,3H2,(H,12,13,14,15). The van der Waals surface area contributed by atoms with Crippen LogP contribution in [0.15, 0.2) is 17.2 Å². The predicted octanol–water partition coefficient (Wildman–Crippen LogP) is 0.380. The second-order valence-electron chi connectivity index (χ2n) is 3.10. The van der Waals surface area contributed by atoms with E-state index in [0.717, 1.165) is 6.20 Å². The Labute approximate surface area is 112 Å².